The van der Waals surface area contributed by atoms with Crippen molar-refractivity contribution in [2.45, 2.75) is 0 Å². The van der Waals surface area contributed by atoms with Crippen LogP contribution >= 0.6 is 0 Å². The van der Waals surface area contributed by atoms with Crippen molar-refractivity contribution in [1.29, 1.82) is 0 Å². The minimum Gasteiger partial charge on any atom is -0.318 e. The number of likely N-dealkylation sites (N-methyl/N-ethyl adjacent to an activating group) is 2. The van der Waals surface area contributed by atoms with Gasteiger partial charge in [0, 0.05) is 18.7 Å². The van der Waals surface area contributed by atoms with E-state index < -0.39 is 0 Å². The number of carbonyl (C=O) groups is 2. The highest BCUT2D eigenvalue weighted by Crippen LogP contribution is 1.97. The summed E-state index contributed by atoms with van der Waals surface area (Å²) in [5.74, 6) is -0.648. The Morgan fingerprint density at radius 1 is 1.22 bits per heavy atom. The lowest BCUT2D eigenvalue weighted by Crippen LogP contribution is -2.40. The standard InChI is InChI=1S/C13H19N3O2/c1-14-8-9-16(2)10-12(17)15-13(18)11-6-4-3-5-7-11/h3-7,14H,8-10H2,1-2H3,(H,15,17,18). The third kappa shape index (κ3) is 5.07. The predicted molar refractivity (Wildman–Crippen MR) is 70.3 cm³/mol. The van der Waals surface area contributed by atoms with E-state index in [-0.39, 0.29) is 18.4 Å². The second kappa shape index (κ2) is 7.58. The van der Waals surface area contributed by atoms with E-state index in [1.165, 1.54) is 0 Å². The van der Waals surface area contributed by atoms with Gasteiger partial charge < -0.3 is 5.32 Å². The molecule has 0 bridgehead atoms. The second-order valence-electron chi connectivity index (χ2n) is 4.08. The molecular formula is C13H19N3O2. The number of carbonyl (C=O) groups excluding carboxylic acids is 2. The van der Waals surface area contributed by atoms with Gasteiger partial charge in [0.1, 0.15) is 0 Å². The summed E-state index contributed by atoms with van der Waals surface area (Å²) in [4.78, 5) is 25.1. The molecule has 0 heterocycles. The molecule has 2 amide bonds. The first-order valence-electron chi connectivity index (χ1n) is 5.86. The number of benzene rings is 1. The fourth-order valence-electron chi connectivity index (χ4n) is 1.45. The number of imide groups is 1. The third-order valence-corrected chi connectivity index (χ3v) is 2.45. The van der Waals surface area contributed by atoms with Crippen molar-refractivity contribution in [3.05, 3.63) is 35.9 Å². The summed E-state index contributed by atoms with van der Waals surface area (Å²) in [6.45, 7) is 1.76. The van der Waals surface area contributed by atoms with E-state index in [4.69, 9.17) is 0 Å². The molecule has 2 N–H and O–H groups in total. The Labute approximate surface area is 107 Å². The average Bonchev–Trinajstić information content (AvgIpc) is 2.37. The molecule has 0 atom stereocenters. The van der Waals surface area contributed by atoms with Crippen LogP contribution in [0.25, 0.3) is 0 Å². The van der Waals surface area contributed by atoms with Gasteiger partial charge in [-0.3, -0.25) is 19.8 Å². The summed E-state index contributed by atoms with van der Waals surface area (Å²) in [6, 6.07) is 8.70. The molecule has 5 heteroatoms. The highest BCUT2D eigenvalue weighted by Gasteiger charge is 2.11. The van der Waals surface area contributed by atoms with Crippen LogP contribution in [0.2, 0.25) is 0 Å². The van der Waals surface area contributed by atoms with Crippen LogP contribution in [0.15, 0.2) is 30.3 Å². The van der Waals surface area contributed by atoms with Gasteiger partial charge in [-0.25, -0.2) is 0 Å². The van der Waals surface area contributed by atoms with E-state index in [1.54, 1.807) is 24.3 Å². The van der Waals surface area contributed by atoms with Crippen molar-refractivity contribution >= 4 is 11.8 Å². The number of rotatable bonds is 6. The monoisotopic (exact) mass is 249 g/mol. The molecule has 0 aliphatic carbocycles. The molecule has 0 radical (unpaired) electrons. The predicted octanol–water partition coefficient (Wildman–Crippen LogP) is 0.0942. The first-order valence-corrected chi connectivity index (χ1v) is 5.86. The zero-order chi connectivity index (χ0) is 13.4. The average molecular weight is 249 g/mol. The van der Waals surface area contributed by atoms with Crippen molar-refractivity contribution < 1.29 is 9.59 Å². The molecule has 0 aliphatic heterocycles. The quantitative estimate of drug-likeness (QED) is 0.750. The fraction of sp³-hybridized carbons (Fsp3) is 0.385. The van der Waals surface area contributed by atoms with Crippen LogP contribution < -0.4 is 10.6 Å². The Hall–Kier alpha value is -1.72. The summed E-state index contributed by atoms with van der Waals surface area (Å²) < 4.78 is 0. The number of nitrogens with one attached hydrogen (secondary N) is 2. The highest BCUT2D eigenvalue weighted by atomic mass is 16.2. The van der Waals surface area contributed by atoms with Crippen LogP contribution in [-0.2, 0) is 4.79 Å². The minimum atomic E-state index is -0.359. The second-order valence-corrected chi connectivity index (χ2v) is 4.08. The lowest BCUT2D eigenvalue weighted by atomic mass is 10.2. The van der Waals surface area contributed by atoms with E-state index in [1.807, 2.05) is 25.1 Å². The summed E-state index contributed by atoms with van der Waals surface area (Å²) in [7, 11) is 3.69. The van der Waals surface area contributed by atoms with Crippen LogP contribution in [0.3, 0.4) is 0 Å². The van der Waals surface area contributed by atoms with E-state index in [2.05, 4.69) is 10.6 Å². The minimum absolute atomic E-state index is 0.209. The summed E-state index contributed by atoms with van der Waals surface area (Å²) in [6.07, 6.45) is 0. The molecule has 5 nitrogen and oxygen atoms in total. The maximum absolute atomic E-state index is 11.7. The van der Waals surface area contributed by atoms with Gasteiger partial charge in [-0.1, -0.05) is 18.2 Å². The van der Waals surface area contributed by atoms with Crippen LogP contribution in [0.5, 0.6) is 0 Å². The van der Waals surface area contributed by atoms with E-state index >= 15 is 0 Å². The molecule has 98 valence electrons. The van der Waals surface area contributed by atoms with Crippen molar-refractivity contribution in [1.82, 2.24) is 15.5 Å². The maximum atomic E-state index is 11.7. The van der Waals surface area contributed by atoms with Gasteiger partial charge in [0.15, 0.2) is 0 Å². The largest absolute Gasteiger partial charge is 0.318 e. The number of nitrogens with zero attached hydrogens (tertiary/aromatic N) is 1. The Bertz CT molecular complexity index is 392. The molecule has 18 heavy (non-hydrogen) atoms. The smallest absolute Gasteiger partial charge is 0.257 e. The van der Waals surface area contributed by atoms with Gasteiger partial charge in [-0.15, -0.1) is 0 Å². The third-order valence-electron chi connectivity index (χ3n) is 2.45. The molecule has 1 aromatic rings. The lowest BCUT2D eigenvalue weighted by molar-refractivity contribution is -0.120. The fourth-order valence-corrected chi connectivity index (χ4v) is 1.45. The molecule has 0 fully saturated rings. The molecule has 1 aromatic carbocycles. The Balaban J connectivity index is 2.38. The molecule has 0 aliphatic rings. The first kappa shape index (κ1) is 14.3. The molecule has 0 saturated carbocycles. The van der Waals surface area contributed by atoms with Crippen molar-refractivity contribution in [3.8, 4) is 0 Å². The Kier molecular flexibility index (Phi) is 6.04. The van der Waals surface area contributed by atoms with E-state index in [0.717, 1.165) is 13.1 Å². The summed E-state index contributed by atoms with van der Waals surface area (Å²) in [5, 5.41) is 5.36. The van der Waals surface area contributed by atoms with Crippen molar-refractivity contribution in [2.24, 2.45) is 0 Å². The van der Waals surface area contributed by atoms with Crippen LogP contribution in [0.1, 0.15) is 10.4 Å². The van der Waals surface area contributed by atoms with Gasteiger partial charge in [-0.2, -0.15) is 0 Å². The van der Waals surface area contributed by atoms with Gasteiger partial charge in [0.25, 0.3) is 5.91 Å². The normalized spacial score (nSPS) is 10.4. The molecular weight excluding hydrogens is 230 g/mol. The number of hydrogen-bond acceptors (Lipinski definition) is 4. The first-order chi connectivity index (χ1) is 8.63. The van der Waals surface area contributed by atoms with Crippen LogP contribution in [0, 0.1) is 0 Å². The zero-order valence-electron chi connectivity index (χ0n) is 10.8. The van der Waals surface area contributed by atoms with E-state index in [9.17, 15) is 9.59 Å². The van der Waals surface area contributed by atoms with Gasteiger partial charge in [0.2, 0.25) is 5.91 Å². The summed E-state index contributed by atoms with van der Waals surface area (Å²) in [5.41, 5.74) is 0.490. The Morgan fingerprint density at radius 3 is 2.50 bits per heavy atom. The maximum Gasteiger partial charge on any atom is 0.257 e. The zero-order valence-corrected chi connectivity index (χ0v) is 10.8. The van der Waals surface area contributed by atoms with Gasteiger partial charge >= 0.3 is 0 Å². The number of amides is 2. The van der Waals surface area contributed by atoms with Crippen LogP contribution in [-0.4, -0.2) is 50.4 Å². The van der Waals surface area contributed by atoms with Crippen LogP contribution in [0.4, 0.5) is 0 Å². The SMILES string of the molecule is CNCCN(C)CC(=O)NC(=O)c1ccccc1. The topological polar surface area (TPSA) is 61.4 Å². The Morgan fingerprint density at radius 2 is 1.89 bits per heavy atom. The van der Waals surface area contributed by atoms with Crippen molar-refractivity contribution in [2.75, 3.05) is 33.7 Å². The summed E-state index contributed by atoms with van der Waals surface area (Å²) >= 11 is 0. The highest BCUT2D eigenvalue weighted by molar-refractivity contribution is 6.05. The number of hydrogen-bond donors (Lipinski definition) is 2. The molecule has 1 rings (SSSR count). The molecule has 0 aromatic heterocycles. The van der Waals surface area contributed by atoms with Gasteiger partial charge in [-0.05, 0) is 26.2 Å². The van der Waals surface area contributed by atoms with Crippen molar-refractivity contribution in [3.63, 3.8) is 0 Å². The van der Waals surface area contributed by atoms with Gasteiger partial charge in [0.05, 0.1) is 6.54 Å². The lowest BCUT2D eigenvalue weighted by Gasteiger charge is -2.15. The van der Waals surface area contributed by atoms with E-state index in [0.29, 0.717) is 5.56 Å². The molecule has 0 unspecified atom stereocenters. The molecule has 0 saturated heterocycles. The molecule has 0 spiro atoms.